The lowest BCUT2D eigenvalue weighted by Crippen LogP contribution is -2.05. The molecule has 1 heteroatoms. The smallest absolute Gasteiger partial charge is 0.0378 e. The minimum Gasteiger partial charge on any atom is -0.262 e. The Labute approximate surface area is 253 Å². The van der Waals surface area contributed by atoms with Crippen LogP contribution in [0.5, 0.6) is 0 Å². The van der Waals surface area contributed by atoms with Crippen LogP contribution in [0.1, 0.15) is 49.3 Å². The first kappa shape index (κ1) is 25.9. The van der Waals surface area contributed by atoms with Gasteiger partial charge in [-0.2, -0.15) is 0 Å². The highest BCUT2D eigenvalue weighted by atomic mass is 14.6. The molecule has 43 heavy (non-hydrogen) atoms. The molecule has 1 fully saturated rings. The number of aryl methyl sites for hydroxylation is 1. The highest BCUT2D eigenvalue weighted by molar-refractivity contribution is 6.23. The average molecular weight is 554 g/mol. The van der Waals surface area contributed by atoms with E-state index in [2.05, 4.69) is 126 Å². The molecule has 1 nitrogen and oxygen atoms in total. The molecular weight excluding hydrogens is 518 g/mol. The van der Waals surface area contributed by atoms with Crippen LogP contribution in [0.25, 0.3) is 65.7 Å². The highest BCUT2D eigenvalue weighted by Gasteiger charge is 2.21. The Balaban J connectivity index is 1.36. The fourth-order valence-electron chi connectivity index (χ4n) is 7.59. The van der Waals surface area contributed by atoms with E-state index in [9.17, 15) is 0 Å². The Bertz CT molecular complexity index is 2060. The number of hydrogen-bond acceptors (Lipinski definition) is 1. The van der Waals surface area contributed by atoms with Gasteiger partial charge in [0.1, 0.15) is 0 Å². The fraction of sp³-hybridized carbons (Fsp3) is 0.167. The molecule has 1 aliphatic rings. The first-order valence-corrected chi connectivity index (χ1v) is 15.8. The van der Waals surface area contributed by atoms with E-state index in [1.807, 2.05) is 13.1 Å². The quantitative estimate of drug-likeness (QED) is 0.198. The summed E-state index contributed by atoms with van der Waals surface area (Å²) in [5, 5.41) is 7.99. The SMILES string of the molecule is Cc1cc(-c2ccc(-c3c4ccccc4c(-c4ccc(C5CCCCC5)c5ccccc45)c4ccccc34)cc2)ccn1. The van der Waals surface area contributed by atoms with Gasteiger partial charge < -0.3 is 0 Å². The topological polar surface area (TPSA) is 12.9 Å². The van der Waals surface area contributed by atoms with Gasteiger partial charge in [0.05, 0.1) is 0 Å². The Kier molecular flexibility index (Phi) is 6.52. The molecule has 0 unspecified atom stereocenters. The third kappa shape index (κ3) is 4.51. The van der Waals surface area contributed by atoms with Gasteiger partial charge >= 0.3 is 0 Å². The lowest BCUT2D eigenvalue weighted by atomic mass is 9.79. The molecular formula is C42H35N. The van der Waals surface area contributed by atoms with Crippen molar-refractivity contribution in [2.24, 2.45) is 0 Å². The molecule has 0 radical (unpaired) electrons. The van der Waals surface area contributed by atoms with Crippen LogP contribution in [0.4, 0.5) is 0 Å². The van der Waals surface area contributed by atoms with Crippen LogP contribution in [0.2, 0.25) is 0 Å². The number of pyridine rings is 1. The van der Waals surface area contributed by atoms with E-state index in [1.165, 1.54) is 103 Å². The molecule has 7 aromatic rings. The van der Waals surface area contributed by atoms with Gasteiger partial charge in [-0.15, -0.1) is 0 Å². The molecule has 0 spiro atoms. The Morgan fingerprint density at radius 2 is 1.05 bits per heavy atom. The van der Waals surface area contributed by atoms with E-state index < -0.39 is 0 Å². The minimum atomic E-state index is 0.669. The van der Waals surface area contributed by atoms with E-state index in [4.69, 9.17) is 0 Å². The highest BCUT2D eigenvalue weighted by Crippen LogP contribution is 2.47. The van der Waals surface area contributed by atoms with Gasteiger partial charge in [-0.25, -0.2) is 0 Å². The van der Waals surface area contributed by atoms with E-state index in [0.717, 1.165) is 5.69 Å². The van der Waals surface area contributed by atoms with Crippen LogP contribution in [-0.4, -0.2) is 4.98 Å². The maximum atomic E-state index is 4.38. The number of nitrogens with zero attached hydrogens (tertiary/aromatic N) is 1. The van der Waals surface area contributed by atoms with Crippen molar-refractivity contribution in [2.45, 2.75) is 44.9 Å². The summed E-state index contributed by atoms with van der Waals surface area (Å²) in [5.41, 5.74) is 10.2. The van der Waals surface area contributed by atoms with Gasteiger partial charge in [-0.05, 0) is 109 Å². The molecule has 0 amide bonds. The van der Waals surface area contributed by atoms with Crippen LogP contribution in [-0.2, 0) is 0 Å². The number of hydrogen-bond donors (Lipinski definition) is 0. The van der Waals surface area contributed by atoms with Crippen molar-refractivity contribution in [2.75, 3.05) is 0 Å². The zero-order valence-electron chi connectivity index (χ0n) is 24.7. The minimum absolute atomic E-state index is 0.669. The predicted molar refractivity (Wildman–Crippen MR) is 184 cm³/mol. The number of fused-ring (bicyclic) bond motifs is 3. The van der Waals surface area contributed by atoms with Gasteiger partial charge in [0.15, 0.2) is 0 Å². The number of aromatic nitrogens is 1. The van der Waals surface area contributed by atoms with Gasteiger partial charge in [0, 0.05) is 11.9 Å². The van der Waals surface area contributed by atoms with E-state index in [1.54, 1.807) is 0 Å². The molecule has 1 aliphatic carbocycles. The first-order chi connectivity index (χ1) is 21.3. The maximum absolute atomic E-state index is 4.38. The van der Waals surface area contributed by atoms with Crippen LogP contribution in [0, 0.1) is 6.92 Å². The molecule has 1 saturated carbocycles. The number of benzene rings is 6. The predicted octanol–water partition coefficient (Wildman–Crippen LogP) is 11.9. The second kappa shape index (κ2) is 10.8. The van der Waals surface area contributed by atoms with Crippen LogP contribution < -0.4 is 0 Å². The number of rotatable bonds is 4. The van der Waals surface area contributed by atoms with Gasteiger partial charge in [-0.3, -0.25) is 4.98 Å². The molecule has 0 saturated heterocycles. The third-order valence-corrected chi connectivity index (χ3v) is 9.61. The van der Waals surface area contributed by atoms with E-state index in [0.29, 0.717) is 5.92 Å². The van der Waals surface area contributed by atoms with Crippen molar-refractivity contribution in [3.8, 4) is 33.4 Å². The van der Waals surface area contributed by atoms with Crippen LogP contribution >= 0.6 is 0 Å². The van der Waals surface area contributed by atoms with Crippen molar-refractivity contribution >= 4 is 32.3 Å². The molecule has 1 aromatic heterocycles. The zero-order valence-corrected chi connectivity index (χ0v) is 24.7. The lowest BCUT2D eigenvalue weighted by molar-refractivity contribution is 0.445. The van der Waals surface area contributed by atoms with E-state index in [-0.39, 0.29) is 0 Å². The molecule has 0 bridgehead atoms. The Morgan fingerprint density at radius 1 is 0.488 bits per heavy atom. The summed E-state index contributed by atoms with van der Waals surface area (Å²) in [6, 6.07) is 45.3. The first-order valence-electron chi connectivity index (χ1n) is 15.8. The lowest BCUT2D eigenvalue weighted by Gasteiger charge is -2.25. The summed E-state index contributed by atoms with van der Waals surface area (Å²) in [6.45, 7) is 2.05. The average Bonchev–Trinajstić information content (AvgIpc) is 3.07. The third-order valence-electron chi connectivity index (χ3n) is 9.61. The van der Waals surface area contributed by atoms with Crippen molar-refractivity contribution in [1.82, 2.24) is 4.98 Å². The molecule has 1 heterocycles. The summed E-state index contributed by atoms with van der Waals surface area (Å²) < 4.78 is 0. The molecule has 8 rings (SSSR count). The van der Waals surface area contributed by atoms with Gasteiger partial charge in [0.2, 0.25) is 0 Å². The molecule has 0 N–H and O–H groups in total. The standard InChI is InChI=1S/C42H35N/c1-28-27-32(25-26-43-28)29-19-21-31(22-20-29)41-36-15-7-9-17-38(36)42(39-18-10-8-16-37(39)41)40-24-23-33(30-11-3-2-4-12-30)34-13-5-6-14-35(34)40/h5-10,13-27,30H,2-4,11-12H2,1H3. The molecule has 6 aromatic carbocycles. The van der Waals surface area contributed by atoms with Gasteiger partial charge in [0.25, 0.3) is 0 Å². The Morgan fingerprint density at radius 3 is 1.67 bits per heavy atom. The largest absolute Gasteiger partial charge is 0.262 e. The second-order valence-corrected chi connectivity index (χ2v) is 12.2. The van der Waals surface area contributed by atoms with E-state index >= 15 is 0 Å². The summed E-state index contributed by atoms with van der Waals surface area (Å²) in [7, 11) is 0. The van der Waals surface area contributed by atoms with Crippen molar-refractivity contribution in [3.63, 3.8) is 0 Å². The maximum Gasteiger partial charge on any atom is 0.0378 e. The summed E-state index contributed by atoms with van der Waals surface area (Å²) in [4.78, 5) is 4.38. The summed E-state index contributed by atoms with van der Waals surface area (Å²) >= 11 is 0. The zero-order chi connectivity index (χ0) is 28.8. The second-order valence-electron chi connectivity index (χ2n) is 12.2. The molecule has 0 aliphatic heterocycles. The Hall–Kier alpha value is -4.75. The van der Waals surface area contributed by atoms with Crippen molar-refractivity contribution < 1.29 is 0 Å². The van der Waals surface area contributed by atoms with Crippen LogP contribution in [0.15, 0.2) is 128 Å². The molecule has 0 atom stereocenters. The monoisotopic (exact) mass is 553 g/mol. The fourth-order valence-corrected chi connectivity index (χ4v) is 7.59. The summed E-state index contributed by atoms with van der Waals surface area (Å²) in [5.74, 6) is 0.669. The van der Waals surface area contributed by atoms with Crippen LogP contribution in [0.3, 0.4) is 0 Å². The normalized spacial score (nSPS) is 14.1. The van der Waals surface area contributed by atoms with Crippen molar-refractivity contribution in [3.05, 3.63) is 139 Å². The molecule has 208 valence electrons. The summed E-state index contributed by atoms with van der Waals surface area (Å²) in [6.07, 6.45) is 8.58. The van der Waals surface area contributed by atoms with Gasteiger partial charge in [-0.1, -0.05) is 128 Å². The van der Waals surface area contributed by atoms with Crippen molar-refractivity contribution in [1.29, 1.82) is 0 Å².